The van der Waals surface area contributed by atoms with Crippen molar-refractivity contribution in [1.29, 1.82) is 0 Å². The summed E-state index contributed by atoms with van der Waals surface area (Å²) in [5, 5.41) is 0. The molecule has 0 bridgehead atoms. The second-order valence-corrected chi connectivity index (χ2v) is 5.67. The van der Waals surface area contributed by atoms with Crippen molar-refractivity contribution in [3.63, 3.8) is 0 Å². The van der Waals surface area contributed by atoms with E-state index in [0.29, 0.717) is 0 Å². The van der Waals surface area contributed by atoms with Crippen LogP contribution in [0.2, 0.25) is 0 Å². The molecule has 8 heteroatoms. The lowest BCUT2D eigenvalue weighted by Gasteiger charge is -2.15. The summed E-state index contributed by atoms with van der Waals surface area (Å²) < 4.78 is 52.2. The minimum atomic E-state index is -6.00. The number of nitrogens with zero attached hydrogens (tertiary/aromatic N) is 1. The maximum atomic E-state index is 11.3. The van der Waals surface area contributed by atoms with Gasteiger partial charge in [0.25, 0.3) is 0 Å². The number of halogens is 4. The maximum absolute atomic E-state index is 11.3. The van der Waals surface area contributed by atoms with E-state index in [1.807, 2.05) is 18.2 Å². The predicted octanol–water partition coefficient (Wildman–Crippen LogP) is 2.30. The molecule has 88 valence electrons. The Balaban J connectivity index is 0. The number of hydrogen-bond acceptors (Lipinski definition) is 1. The first-order valence-corrected chi connectivity index (χ1v) is 6.42. The van der Waals surface area contributed by atoms with Crippen LogP contribution < -0.4 is 0 Å². The molecule has 0 aromatic heterocycles. The van der Waals surface area contributed by atoms with Gasteiger partial charge in [0.05, 0.1) is 0 Å². The number of hydrogen-bond donors (Lipinski definition) is 0. The van der Waals surface area contributed by atoms with Crippen molar-refractivity contribution in [3.05, 3.63) is 0 Å². The van der Waals surface area contributed by atoms with Crippen molar-refractivity contribution in [1.82, 2.24) is 4.31 Å². The Morgan fingerprint density at radius 2 is 1.29 bits per heavy atom. The topological polar surface area (TPSA) is 20.3 Å². The summed E-state index contributed by atoms with van der Waals surface area (Å²) in [6, 6.07) is 0. The van der Waals surface area contributed by atoms with Crippen LogP contribution in [0.25, 0.3) is 0 Å². The molecule has 0 unspecified atom stereocenters. The SMILES string of the molecule is CCN(CC)[S+](C)(C)=O.F[B-](F)(F)F. The van der Waals surface area contributed by atoms with E-state index in [2.05, 4.69) is 0 Å². The van der Waals surface area contributed by atoms with Crippen LogP contribution >= 0.6 is 0 Å². The third-order valence-corrected chi connectivity index (χ3v) is 3.09. The van der Waals surface area contributed by atoms with E-state index in [9.17, 15) is 21.5 Å². The first-order valence-electron chi connectivity index (χ1n) is 4.09. The molecule has 0 aliphatic heterocycles. The second-order valence-electron chi connectivity index (χ2n) is 2.79. The summed E-state index contributed by atoms with van der Waals surface area (Å²) in [5.41, 5.74) is 0. The molecule has 0 saturated carbocycles. The summed E-state index contributed by atoms with van der Waals surface area (Å²) in [6.45, 7) is 5.80. The molecule has 14 heavy (non-hydrogen) atoms. The van der Waals surface area contributed by atoms with Crippen LogP contribution in [0.1, 0.15) is 13.8 Å². The van der Waals surface area contributed by atoms with Gasteiger partial charge in [0.2, 0.25) is 0 Å². The lowest BCUT2D eigenvalue weighted by Crippen LogP contribution is -2.33. The van der Waals surface area contributed by atoms with E-state index in [1.165, 1.54) is 0 Å². The largest absolute Gasteiger partial charge is 0.673 e. The molecule has 0 aliphatic carbocycles. The molecule has 0 atom stereocenters. The molecule has 0 heterocycles. The maximum Gasteiger partial charge on any atom is 0.673 e. The molecule has 0 rings (SSSR count). The molecular formula is C6H16BF4NOS. The van der Waals surface area contributed by atoms with Crippen LogP contribution in [0.3, 0.4) is 0 Å². The predicted molar refractivity (Wildman–Crippen MR) is 53.0 cm³/mol. The first kappa shape index (κ1) is 16.3. The van der Waals surface area contributed by atoms with E-state index in [0.717, 1.165) is 13.1 Å². The summed E-state index contributed by atoms with van der Waals surface area (Å²) >= 11 is 0. The summed E-state index contributed by atoms with van der Waals surface area (Å²) in [6.07, 6.45) is 3.56. The molecule has 0 aromatic carbocycles. The minimum Gasteiger partial charge on any atom is -0.418 e. The standard InChI is InChI=1S/C6H16NOS.BF4/c1-5-7(6-2)9(3,4)8;2-1(3,4)5/h5-6H2,1-4H3;/q+1;-1. The minimum absolute atomic E-state index is 0.877. The Bertz CT molecular complexity index is 183. The Hall–Kier alpha value is -0.105. The Morgan fingerprint density at radius 3 is 1.29 bits per heavy atom. The van der Waals surface area contributed by atoms with Crippen LogP contribution in [0.15, 0.2) is 0 Å². The Labute approximate surface area is 83.3 Å². The van der Waals surface area contributed by atoms with Gasteiger partial charge >= 0.3 is 7.25 Å². The van der Waals surface area contributed by atoms with Gasteiger partial charge in [0.15, 0.2) is 10.1 Å². The van der Waals surface area contributed by atoms with Crippen LogP contribution in [0.5, 0.6) is 0 Å². The quantitative estimate of drug-likeness (QED) is 0.419. The van der Waals surface area contributed by atoms with Gasteiger partial charge < -0.3 is 17.3 Å². The lowest BCUT2D eigenvalue weighted by atomic mass is 10.3. The van der Waals surface area contributed by atoms with Crippen molar-refractivity contribution in [2.24, 2.45) is 0 Å². The Morgan fingerprint density at radius 1 is 1.07 bits per heavy atom. The van der Waals surface area contributed by atoms with Gasteiger partial charge in [-0.3, -0.25) is 0 Å². The number of rotatable bonds is 3. The van der Waals surface area contributed by atoms with Crippen LogP contribution in [0.4, 0.5) is 17.3 Å². The van der Waals surface area contributed by atoms with Gasteiger partial charge in [-0.05, 0) is 13.8 Å². The molecular weight excluding hydrogens is 221 g/mol. The van der Waals surface area contributed by atoms with Crippen LogP contribution in [-0.4, -0.2) is 37.2 Å². The zero-order valence-electron chi connectivity index (χ0n) is 8.77. The molecule has 0 aliphatic rings. The van der Waals surface area contributed by atoms with Gasteiger partial charge in [-0.15, -0.1) is 4.31 Å². The molecule has 0 aromatic rings. The smallest absolute Gasteiger partial charge is 0.418 e. The lowest BCUT2D eigenvalue weighted by molar-refractivity contribution is 0.368. The van der Waals surface area contributed by atoms with Crippen molar-refractivity contribution in [2.45, 2.75) is 13.8 Å². The fraction of sp³-hybridized carbons (Fsp3) is 1.00. The van der Waals surface area contributed by atoms with Crippen molar-refractivity contribution in [3.8, 4) is 0 Å². The highest BCUT2D eigenvalue weighted by atomic mass is 32.3. The summed E-state index contributed by atoms with van der Waals surface area (Å²) in [7, 11) is -7.68. The second kappa shape index (κ2) is 6.39. The average molecular weight is 237 g/mol. The molecule has 0 saturated heterocycles. The highest BCUT2D eigenvalue weighted by Crippen LogP contribution is 2.06. The molecule has 0 amide bonds. The van der Waals surface area contributed by atoms with Gasteiger partial charge in [-0.1, -0.05) is 4.21 Å². The average Bonchev–Trinajstić information content (AvgIpc) is 1.82. The van der Waals surface area contributed by atoms with Crippen molar-refractivity contribution in [2.75, 3.05) is 25.6 Å². The third-order valence-electron chi connectivity index (χ3n) is 1.33. The first-order chi connectivity index (χ1) is 6.02. The zero-order chi connectivity index (χ0) is 12.0. The Kier molecular flexibility index (Phi) is 7.46. The van der Waals surface area contributed by atoms with Crippen molar-refractivity contribution >= 4 is 17.4 Å². The zero-order valence-corrected chi connectivity index (χ0v) is 9.58. The van der Waals surface area contributed by atoms with E-state index in [4.69, 9.17) is 0 Å². The molecule has 2 nitrogen and oxygen atoms in total. The fourth-order valence-electron chi connectivity index (χ4n) is 0.845. The van der Waals surface area contributed by atoms with Gasteiger partial charge in [0.1, 0.15) is 12.5 Å². The molecule has 0 N–H and O–H groups in total. The highest BCUT2D eigenvalue weighted by molar-refractivity contribution is 7.99. The molecule has 0 fully saturated rings. The van der Waals surface area contributed by atoms with E-state index in [1.54, 1.807) is 12.5 Å². The normalized spacial score (nSPS) is 12.4. The third kappa shape index (κ3) is 14.4. The van der Waals surface area contributed by atoms with E-state index < -0.39 is 17.4 Å². The van der Waals surface area contributed by atoms with E-state index in [-0.39, 0.29) is 0 Å². The van der Waals surface area contributed by atoms with Crippen molar-refractivity contribution < 1.29 is 21.5 Å². The molecule has 0 spiro atoms. The van der Waals surface area contributed by atoms with Gasteiger partial charge in [-0.25, -0.2) is 0 Å². The fourth-order valence-corrected chi connectivity index (χ4v) is 2.09. The van der Waals surface area contributed by atoms with E-state index >= 15 is 0 Å². The summed E-state index contributed by atoms with van der Waals surface area (Å²) in [5.74, 6) is 0. The highest BCUT2D eigenvalue weighted by Gasteiger charge is 2.21. The van der Waals surface area contributed by atoms with Crippen LogP contribution in [-0.2, 0) is 14.3 Å². The van der Waals surface area contributed by atoms with Crippen LogP contribution in [0, 0.1) is 0 Å². The van der Waals surface area contributed by atoms with Gasteiger partial charge in [0, 0.05) is 13.1 Å². The van der Waals surface area contributed by atoms with Gasteiger partial charge in [-0.2, -0.15) is 0 Å². The summed E-state index contributed by atoms with van der Waals surface area (Å²) in [4.78, 5) is 0. The molecule has 0 radical (unpaired) electrons. The monoisotopic (exact) mass is 237 g/mol.